The van der Waals surface area contributed by atoms with E-state index in [4.69, 9.17) is 11.6 Å². The van der Waals surface area contributed by atoms with E-state index in [-0.39, 0.29) is 5.91 Å². The normalized spacial score (nSPS) is 18.4. The van der Waals surface area contributed by atoms with Gasteiger partial charge in [-0.2, -0.15) is 0 Å². The van der Waals surface area contributed by atoms with Crippen molar-refractivity contribution in [2.24, 2.45) is 0 Å². The lowest BCUT2D eigenvalue weighted by Gasteiger charge is -2.23. The third-order valence-corrected chi connectivity index (χ3v) is 5.87. The Bertz CT molecular complexity index is 1250. The van der Waals surface area contributed by atoms with E-state index in [0.29, 0.717) is 28.4 Å². The van der Waals surface area contributed by atoms with Crippen LogP contribution in [0.4, 0.5) is 5.69 Å². The zero-order chi connectivity index (χ0) is 20.2. The molecule has 0 aliphatic carbocycles. The topological polar surface area (TPSA) is 56.3 Å². The second-order valence-electron chi connectivity index (χ2n) is 7.50. The number of H-pyrrole nitrogens is 1. The van der Waals surface area contributed by atoms with E-state index in [0.717, 1.165) is 22.0 Å². The number of anilines is 1. The molecule has 0 radical (unpaired) electrons. The summed E-state index contributed by atoms with van der Waals surface area (Å²) in [5.41, 5.74) is 2.93. The number of benzene rings is 3. The highest BCUT2D eigenvalue weighted by atomic mass is 35.5. The Balaban J connectivity index is 1.68. The molecule has 1 aliphatic rings. The average molecular weight is 403 g/mol. The molecule has 0 saturated carbocycles. The van der Waals surface area contributed by atoms with Crippen LogP contribution in [0.5, 0.6) is 0 Å². The number of aliphatic hydroxyl groups is 1. The number of hydrogen-bond acceptors (Lipinski definition) is 2. The van der Waals surface area contributed by atoms with Gasteiger partial charge in [-0.15, -0.1) is 0 Å². The molecular formula is C24H19ClN2O2. The van der Waals surface area contributed by atoms with Crippen molar-refractivity contribution in [1.82, 2.24) is 4.98 Å². The number of nitrogens with one attached hydrogen (secondary N) is 1. The van der Waals surface area contributed by atoms with Gasteiger partial charge in [0.15, 0.2) is 5.60 Å². The van der Waals surface area contributed by atoms with Crippen LogP contribution in [0, 0.1) is 6.92 Å². The van der Waals surface area contributed by atoms with Crippen molar-refractivity contribution >= 4 is 34.1 Å². The summed E-state index contributed by atoms with van der Waals surface area (Å²) in [5.74, 6) is -0.375. The fourth-order valence-corrected chi connectivity index (χ4v) is 4.29. The number of nitrogens with zero attached hydrogens (tertiary/aromatic N) is 1. The van der Waals surface area contributed by atoms with Gasteiger partial charge >= 0.3 is 0 Å². The lowest BCUT2D eigenvalue weighted by molar-refractivity contribution is -0.132. The highest BCUT2D eigenvalue weighted by Gasteiger charge is 2.52. The molecule has 0 saturated heterocycles. The first-order chi connectivity index (χ1) is 14.0. The minimum atomic E-state index is -1.80. The molecule has 1 aliphatic heterocycles. The predicted molar refractivity (Wildman–Crippen MR) is 115 cm³/mol. The van der Waals surface area contributed by atoms with Gasteiger partial charge in [-0.05, 0) is 36.8 Å². The van der Waals surface area contributed by atoms with Gasteiger partial charge in [-0.25, -0.2) is 0 Å². The first-order valence-electron chi connectivity index (χ1n) is 9.45. The molecule has 1 amide bonds. The van der Waals surface area contributed by atoms with Crippen molar-refractivity contribution in [1.29, 1.82) is 0 Å². The van der Waals surface area contributed by atoms with Gasteiger partial charge < -0.3 is 15.0 Å². The van der Waals surface area contributed by atoms with Crippen LogP contribution >= 0.6 is 11.6 Å². The number of amides is 1. The molecule has 1 aromatic heterocycles. The standard InChI is InChI=1S/C24H19ClN2O2/c1-15-6-8-16(9-7-15)14-27-22-11-10-17(25)12-19(22)24(29,23(27)28)20-13-26-21-5-3-2-4-18(20)21/h2-13,26,29H,14H2,1H3/t24-/m0/s1. The Kier molecular flexibility index (Phi) is 4.02. The van der Waals surface area contributed by atoms with Crippen molar-refractivity contribution in [3.8, 4) is 0 Å². The average Bonchev–Trinajstić information content (AvgIpc) is 3.24. The molecule has 4 aromatic rings. The van der Waals surface area contributed by atoms with Crippen LogP contribution in [0.3, 0.4) is 0 Å². The summed E-state index contributed by atoms with van der Waals surface area (Å²) in [6.45, 7) is 2.40. The van der Waals surface area contributed by atoms with Crippen LogP contribution < -0.4 is 4.90 Å². The first-order valence-corrected chi connectivity index (χ1v) is 9.83. The Morgan fingerprint density at radius 3 is 2.59 bits per heavy atom. The third kappa shape index (κ3) is 2.68. The van der Waals surface area contributed by atoms with E-state index in [1.54, 1.807) is 29.3 Å². The maximum atomic E-state index is 13.6. The van der Waals surface area contributed by atoms with Gasteiger partial charge in [0.05, 0.1) is 12.2 Å². The number of para-hydroxylation sites is 1. The van der Waals surface area contributed by atoms with Crippen molar-refractivity contribution in [2.75, 3.05) is 4.90 Å². The van der Waals surface area contributed by atoms with Gasteiger partial charge in [0.1, 0.15) is 0 Å². The smallest absolute Gasteiger partial charge is 0.268 e. The summed E-state index contributed by atoms with van der Waals surface area (Å²) in [4.78, 5) is 18.4. The number of carbonyl (C=O) groups is 1. The van der Waals surface area contributed by atoms with Crippen LogP contribution in [0.15, 0.2) is 72.9 Å². The molecule has 0 bridgehead atoms. The van der Waals surface area contributed by atoms with Crippen LogP contribution in [-0.4, -0.2) is 16.0 Å². The summed E-state index contributed by atoms with van der Waals surface area (Å²) in [6.07, 6.45) is 1.71. The molecule has 0 unspecified atom stereocenters. The van der Waals surface area contributed by atoms with Crippen LogP contribution in [0.1, 0.15) is 22.3 Å². The second-order valence-corrected chi connectivity index (χ2v) is 7.93. The Morgan fingerprint density at radius 1 is 1.03 bits per heavy atom. The zero-order valence-corrected chi connectivity index (χ0v) is 16.6. The number of aromatic nitrogens is 1. The Labute approximate surface area is 173 Å². The molecular weight excluding hydrogens is 384 g/mol. The fourth-order valence-electron chi connectivity index (χ4n) is 4.12. The highest BCUT2D eigenvalue weighted by Crippen LogP contribution is 2.47. The third-order valence-electron chi connectivity index (χ3n) is 5.63. The molecule has 29 heavy (non-hydrogen) atoms. The summed E-state index contributed by atoms with van der Waals surface area (Å²) in [5, 5.41) is 13.1. The van der Waals surface area contributed by atoms with E-state index >= 15 is 0 Å². The van der Waals surface area contributed by atoms with E-state index in [2.05, 4.69) is 4.98 Å². The lowest BCUT2D eigenvalue weighted by Crippen LogP contribution is -2.40. The van der Waals surface area contributed by atoms with Crippen molar-refractivity contribution in [2.45, 2.75) is 19.1 Å². The molecule has 2 N–H and O–H groups in total. The summed E-state index contributed by atoms with van der Waals surface area (Å²) < 4.78 is 0. The molecule has 0 spiro atoms. The van der Waals surface area contributed by atoms with E-state index in [1.807, 2.05) is 55.5 Å². The SMILES string of the molecule is Cc1ccc(CN2C(=O)[C@@](O)(c3c[nH]c4ccccc34)c3cc(Cl)ccc32)cc1. The number of carbonyl (C=O) groups excluding carboxylic acids is 1. The monoisotopic (exact) mass is 402 g/mol. The van der Waals surface area contributed by atoms with Gasteiger partial charge in [0.25, 0.3) is 5.91 Å². The maximum Gasteiger partial charge on any atom is 0.268 e. The minimum Gasteiger partial charge on any atom is -0.372 e. The molecule has 3 aromatic carbocycles. The van der Waals surface area contributed by atoms with Crippen molar-refractivity contribution in [3.05, 3.63) is 100 Å². The van der Waals surface area contributed by atoms with E-state index < -0.39 is 5.60 Å². The first kappa shape index (κ1) is 18.0. The van der Waals surface area contributed by atoms with Gasteiger partial charge in [-0.1, -0.05) is 59.6 Å². The van der Waals surface area contributed by atoms with Crippen molar-refractivity contribution in [3.63, 3.8) is 0 Å². The summed E-state index contributed by atoms with van der Waals surface area (Å²) in [6, 6.07) is 20.9. The molecule has 2 heterocycles. The zero-order valence-electron chi connectivity index (χ0n) is 15.8. The minimum absolute atomic E-state index is 0.373. The summed E-state index contributed by atoms with van der Waals surface area (Å²) >= 11 is 6.25. The predicted octanol–water partition coefficient (Wildman–Crippen LogP) is 4.91. The van der Waals surface area contributed by atoms with E-state index in [1.165, 1.54) is 0 Å². The van der Waals surface area contributed by atoms with Crippen LogP contribution in [0.2, 0.25) is 5.02 Å². The number of halogens is 1. The second kappa shape index (κ2) is 6.48. The highest BCUT2D eigenvalue weighted by molar-refractivity contribution is 6.31. The Hall–Kier alpha value is -3.08. The molecule has 4 nitrogen and oxygen atoms in total. The largest absolute Gasteiger partial charge is 0.372 e. The lowest BCUT2D eigenvalue weighted by atomic mass is 9.87. The molecule has 5 heteroatoms. The quantitative estimate of drug-likeness (QED) is 0.511. The number of hydrogen-bond donors (Lipinski definition) is 2. The Morgan fingerprint density at radius 2 is 1.79 bits per heavy atom. The maximum absolute atomic E-state index is 13.6. The van der Waals surface area contributed by atoms with Gasteiger partial charge in [0, 0.05) is 33.2 Å². The van der Waals surface area contributed by atoms with Gasteiger partial charge in [-0.3, -0.25) is 4.79 Å². The number of aryl methyl sites for hydroxylation is 1. The van der Waals surface area contributed by atoms with Crippen LogP contribution in [-0.2, 0) is 16.9 Å². The van der Waals surface area contributed by atoms with E-state index in [9.17, 15) is 9.90 Å². The fraction of sp³-hybridized carbons (Fsp3) is 0.125. The van der Waals surface area contributed by atoms with Gasteiger partial charge in [0.2, 0.25) is 0 Å². The summed E-state index contributed by atoms with van der Waals surface area (Å²) in [7, 11) is 0. The van der Waals surface area contributed by atoms with Crippen LogP contribution in [0.25, 0.3) is 10.9 Å². The number of fused-ring (bicyclic) bond motifs is 2. The van der Waals surface area contributed by atoms with Crippen molar-refractivity contribution < 1.29 is 9.90 Å². The number of aromatic amines is 1. The number of rotatable bonds is 3. The molecule has 144 valence electrons. The molecule has 5 rings (SSSR count). The molecule has 0 fully saturated rings. The molecule has 1 atom stereocenters.